The molecule has 0 aromatic heterocycles. The van der Waals surface area contributed by atoms with Gasteiger partial charge in [-0.3, -0.25) is 4.99 Å². The molecule has 1 aromatic rings. The van der Waals surface area contributed by atoms with Crippen molar-refractivity contribution in [3.05, 3.63) is 35.9 Å². The summed E-state index contributed by atoms with van der Waals surface area (Å²) in [6.45, 7) is 5.15. The Balaban J connectivity index is 1.37. The summed E-state index contributed by atoms with van der Waals surface area (Å²) in [4.78, 5) is 6.77. The van der Waals surface area contributed by atoms with Gasteiger partial charge in [-0.05, 0) is 24.8 Å². The molecular formula is C19H29N3O2. The predicted molar refractivity (Wildman–Crippen MR) is 96.5 cm³/mol. The molecule has 3 rings (SSSR count). The van der Waals surface area contributed by atoms with Crippen LogP contribution in [0.1, 0.15) is 30.7 Å². The van der Waals surface area contributed by atoms with Crippen LogP contribution in [-0.4, -0.2) is 63.5 Å². The van der Waals surface area contributed by atoms with E-state index in [4.69, 9.17) is 9.47 Å². The van der Waals surface area contributed by atoms with Gasteiger partial charge in [-0.2, -0.15) is 0 Å². The number of nitrogens with one attached hydrogen (secondary N) is 1. The zero-order valence-corrected chi connectivity index (χ0v) is 14.6. The van der Waals surface area contributed by atoms with E-state index in [0.29, 0.717) is 25.2 Å². The summed E-state index contributed by atoms with van der Waals surface area (Å²) in [6.07, 6.45) is 3.77. The SMILES string of the molecule is CN=C(NCCOCC1CCCO1)N1CCC(c2ccccc2)C1. The second kappa shape index (κ2) is 9.04. The number of likely N-dealkylation sites (tertiary alicyclic amines) is 1. The van der Waals surface area contributed by atoms with Crippen LogP contribution in [0.3, 0.4) is 0 Å². The van der Waals surface area contributed by atoms with Crippen LogP contribution < -0.4 is 5.32 Å². The molecule has 24 heavy (non-hydrogen) atoms. The second-order valence-corrected chi connectivity index (χ2v) is 6.53. The molecule has 0 bridgehead atoms. The van der Waals surface area contributed by atoms with Crippen LogP contribution in [0.15, 0.2) is 35.3 Å². The molecule has 0 saturated carbocycles. The van der Waals surface area contributed by atoms with Crippen LogP contribution in [-0.2, 0) is 9.47 Å². The fourth-order valence-corrected chi connectivity index (χ4v) is 3.51. The lowest BCUT2D eigenvalue weighted by atomic mass is 9.99. The van der Waals surface area contributed by atoms with E-state index in [1.165, 1.54) is 12.0 Å². The van der Waals surface area contributed by atoms with Crippen LogP contribution >= 0.6 is 0 Å². The van der Waals surface area contributed by atoms with Crippen molar-refractivity contribution in [2.45, 2.75) is 31.3 Å². The molecule has 5 nitrogen and oxygen atoms in total. The third-order valence-corrected chi connectivity index (χ3v) is 4.83. The van der Waals surface area contributed by atoms with E-state index in [1.54, 1.807) is 0 Å². The fourth-order valence-electron chi connectivity index (χ4n) is 3.51. The van der Waals surface area contributed by atoms with Gasteiger partial charge in [0.15, 0.2) is 5.96 Å². The number of rotatable bonds is 6. The maximum absolute atomic E-state index is 5.70. The third-order valence-electron chi connectivity index (χ3n) is 4.83. The van der Waals surface area contributed by atoms with Gasteiger partial charge in [0.2, 0.25) is 0 Å². The smallest absolute Gasteiger partial charge is 0.193 e. The van der Waals surface area contributed by atoms with Crippen molar-refractivity contribution < 1.29 is 9.47 Å². The van der Waals surface area contributed by atoms with E-state index in [1.807, 2.05) is 7.05 Å². The maximum atomic E-state index is 5.70. The summed E-state index contributed by atoms with van der Waals surface area (Å²) < 4.78 is 11.3. The molecular weight excluding hydrogens is 302 g/mol. The quantitative estimate of drug-likeness (QED) is 0.493. The molecule has 2 fully saturated rings. The molecule has 1 aromatic carbocycles. The standard InChI is InChI=1S/C19H29N3O2/c1-20-19(21-10-13-23-15-18-8-5-12-24-18)22-11-9-17(14-22)16-6-3-2-4-7-16/h2-4,6-7,17-18H,5,8-15H2,1H3,(H,20,21). The monoisotopic (exact) mass is 331 g/mol. The van der Waals surface area contributed by atoms with E-state index in [-0.39, 0.29) is 0 Å². The van der Waals surface area contributed by atoms with Crippen molar-refractivity contribution in [1.29, 1.82) is 0 Å². The molecule has 2 aliphatic heterocycles. The zero-order chi connectivity index (χ0) is 16.6. The maximum Gasteiger partial charge on any atom is 0.193 e. The Hall–Kier alpha value is -1.59. The number of benzene rings is 1. The van der Waals surface area contributed by atoms with Crippen molar-refractivity contribution in [2.24, 2.45) is 4.99 Å². The normalized spacial score (nSPS) is 24.5. The van der Waals surface area contributed by atoms with Crippen molar-refractivity contribution >= 4 is 5.96 Å². The van der Waals surface area contributed by atoms with E-state index in [9.17, 15) is 0 Å². The molecule has 0 spiro atoms. The van der Waals surface area contributed by atoms with E-state index >= 15 is 0 Å². The Kier molecular flexibility index (Phi) is 6.49. The molecule has 2 heterocycles. The average Bonchev–Trinajstić information content (AvgIpc) is 3.31. The molecule has 2 atom stereocenters. The van der Waals surface area contributed by atoms with Crippen LogP contribution in [0.4, 0.5) is 0 Å². The van der Waals surface area contributed by atoms with Gasteiger partial charge in [0, 0.05) is 39.2 Å². The number of nitrogens with zero attached hydrogens (tertiary/aromatic N) is 2. The Morgan fingerprint density at radius 1 is 1.33 bits per heavy atom. The molecule has 0 radical (unpaired) electrons. The van der Waals surface area contributed by atoms with Crippen LogP contribution in [0.5, 0.6) is 0 Å². The average molecular weight is 331 g/mol. The number of hydrogen-bond donors (Lipinski definition) is 1. The third kappa shape index (κ3) is 4.71. The lowest BCUT2D eigenvalue weighted by Gasteiger charge is -2.22. The van der Waals surface area contributed by atoms with Gasteiger partial charge in [-0.15, -0.1) is 0 Å². The van der Waals surface area contributed by atoms with Crippen LogP contribution in [0.2, 0.25) is 0 Å². The van der Waals surface area contributed by atoms with Gasteiger partial charge >= 0.3 is 0 Å². The molecule has 2 aliphatic rings. The van der Waals surface area contributed by atoms with Crippen molar-refractivity contribution in [3.8, 4) is 0 Å². The van der Waals surface area contributed by atoms with Gasteiger partial charge in [0.1, 0.15) is 0 Å². The first-order valence-corrected chi connectivity index (χ1v) is 9.06. The molecule has 2 unspecified atom stereocenters. The molecule has 0 amide bonds. The summed E-state index contributed by atoms with van der Waals surface area (Å²) >= 11 is 0. The highest BCUT2D eigenvalue weighted by atomic mass is 16.5. The fraction of sp³-hybridized carbons (Fsp3) is 0.632. The van der Waals surface area contributed by atoms with Crippen LogP contribution in [0.25, 0.3) is 0 Å². The van der Waals surface area contributed by atoms with Crippen LogP contribution in [0, 0.1) is 0 Å². The number of guanidine groups is 1. The predicted octanol–water partition coefficient (Wildman–Crippen LogP) is 2.25. The Morgan fingerprint density at radius 3 is 2.96 bits per heavy atom. The zero-order valence-electron chi connectivity index (χ0n) is 14.6. The molecule has 2 saturated heterocycles. The summed E-state index contributed by atoms with van der Waals surface area (Å²) in [5.41, 5.74) is 1.43. The summed E-state index contributed by atoms with van der Waals surface area (Å²) in [5, 5.41) is 3.42. The van der Waals surface area contributed by atoms with Gasteiger partial charge in [-0.1, -0.05) is 30.3 Å². The Bertz CT molecular complexity index is 515. The topological polar surface area (TPSA) is 46.1 Å². The Morgan fingerprint density at radius 2 is 2.21 bits per heavy atom. The van der Waals surface area contributed by atoms with E-state index in [2.05, 4.69) is 45.5 Å². The van der Waals surface area contributed by atoms with Crippen molar-refractivity contribution in [1.82, 2.24) is 10.2 Å². The van der Waals surface area contributed by atoms with Crippen molar-refractivity contribution in [3.63, 3.8) is 0 Å². The summed E-state index contributed by atoms with van der Waals surface area (Å²) in [5.74, 6) is 1.58. The first-order valence-electron chi connectivity index (χ1n) is 9.06. The highest BCUT2D eigenvalue weighted by molar-refractivity contribution is 5.80. The second-order valence-electron chi connectivity index (χ2n) is 6.53. The summed E-state index contributed by atoms with van der Waals surface area (Å²) in [6, 6.07) is 10.8. The lowest BCUT2D eigenvalue weighted by molar-refractivity contribution is 0.0190. The van der Waals surface area contributed by atoms with Gasteiger partial charge in [-0.25, -0.2) is 0 Å². The van der Waals surface area contributed by atoms with Gasteiger partial charge in [0.05, 0.1) is 19.3 Å². The largest absolute Gasteiger partial charge is 0.377 e. The summed E-state index contributed by atoms with van der Waals surface area (Å²) in [7, 11) is 1.85. The number of aliphatic imine (C=N–C) groups is 1. The van der Waals surface area contributed by atoms with Gasteiger partial charge in [0.25, 0.3) is 0 Å². The minimum absolute atomic E-state index is 0.300. The lowest BCUT2D eigenvalue weighted by Crippen LogP contribution is -2.41. The minimum Gasteiger partial charge on any atom is -0.377 e. The van der Waals surface area contributed by atoms with E-state index in [0.717, 1.165) is 45.0 Å². The molecule has 132 valence electrons. The highest BCUT2D eigenvalue weighted by Gasteiger charge is 2.25. The van der Waals surface area contributed by atoms with Gasteiger partial charge < -0.3 is 19.7 Å². The minimum atomic E-state index is 0.300. The highest BCUT2D eigenvalue weighted by Crippen LogP contribution is 2.26. The molecule has 0 aliphatic carbocycles. The molecule has 5 heteroatoms. The van der Waals surface area contributed by atoms with E-state index < -0.39 is 0 Å². The Labute approximate surface area is 145 Å². The number of ether oxygens (including phenoxy) is 2. The van der Waals surface area contributed by atoms with Crippen molar-refractivity contribution in [2.75, 3.05) is 46.5 Å². The molecule has 1 N–H and O–H groups in total. The first-order chi connectivity index (χ1) is 11.9. The number of hydrogen-bond acceptors (Lipinski definition) is 3. The first kappa shape index (κ1) is 17.2.